The smallest absolute Gasteiger partial charge is 0.234 e. The summed E-state index contributed by atoms with van der Waals surface area (Å²) in [6, 6.07) is 15.6. The molecule has 1 N–H and O–H groups in total. The molecule has 2 aromatic heterocycles. The van der Waals surface area contributed by atoms with E-state index < -0.39 is 0 Å². The number of carbonyl (C=O) groups is 1. The lowest BCUT2D eigenvalue weighted by molar-refractivity contribution is -0.113. The van der Waals surface area contributed by atoms with Gasteiger partial charge in [0.15, 0.2) is 10.8 Å². The number of fused-ring (bicyclic) bond motifs is 3. The maximum absolute atomic E-state index is 12.4. The molecule has 0 fully saturated rings. The van der Waals surface area contributed by atoms with Crippen molar-refractivity contribution in [2.45, 2.75) is 19.0 Å². The van der Waals surface area contributed by atoms with E-state index in [4.69, 9.17) is 11.6 Å². The zero-order valence-corrected chi connectivity index (χ0v) is 16.4. The molecule has 2 heterocycles. The van der Waals surface area contributed by atoms with E-state index in [-0.39, 0.29) is 11.7 Å². The average Bonchev–Trinajstić information content (AvgIpc) is 3.07. The van der Waals surface area contributed by atoms with Crippen molar-refractivity contribution in [3.63, 3.8) is 0 Å². The number of para-hydroxylation sites is 1. The molecular formula is C20H17ClN4OS. The minimum atomic E-state index is -0.112. The molecule has 0 aliphatic heterocycles. The van der Waals surface area contributed by atoms with Crippen LogP contribution in [0.4, 0.5) is 5.69 Å². The first-order chi connectivity index (χ1) is 13.0. The highest BCUT2D eigenvalue weighted by Gasteiger charge is 2.14. The standard InChI is InChI=1S/C20H17ClN4OS/c1-12-10-18-23-24-20(25(18)17-9-4-3-6-14(12)17)27-11-19(26)22-16-8-5-7-15(21)13(16)2/h3-10H,11H2,1-2H3,(H,22,26). The third kappa shape index (κ3) is 3.38. The molecule has 27 heavy (non-hydrogen) atoms. The van der Waals surface area contributed by atoms with Crippen LogP contribution in [0.25, 0.3) is 16.6 Å². The molecule has 2 aromatic carbocycles. The van der Waals surface area contributed by atoms with Crippen LogP contribution in [0.3, 0.4) is 0 Å². The van der Waals surface area contributed by atoms with Crippen molar-refractivity contribution in [1.29, 1.82) is 0 Å². The Morgan fingerprint density at radius 2 is 1.96 bits per heavy atom. The van der Waals surface area contributed by atoms with Crippen molar-refractivity contribution in [3.8, 4) is 0 Å². The van der Waals surface area contributed by atoms with Crippen LogP contribution in [0.15, 0.2) is 53.7 Å². The lowest BCUT2D eigenvalue weighted by Crippen LogP contribution is -2.15. The van der Waals surface area contributed by atoms with Crippen molar-refractivity contribution >= 4 is 51.5 Å². The number of hydrogen-bond acceptors (Lipinski definition) is 4. The second-order valence-electron chi connectivity index (χ2n) is 6.27. The largest absolute Gasteiger partial charge is 0.325 e. The number of anilines is 1. The number of carbonyl (C=O) groups excluding carboxylic acids is 1. The molecule has 136 valence electrons. The fourth-order valence-corrected chi connectivity index (χ4v) is 3.95. The molecule has 5 nitrogen and oxygen atoms in total. The number of nitrogens with zero attached hydrogens (tertiary/aromatic N) is 3. The minimum Gasteiger partial charge on any atom is -0.325 e. The van der Waals surface area contributed by atoms with E-state index >= 15 is 0 Å². The Morgan fingerprint density at radius 3 is 2.81 bits per heavy atom. The van der Waals surface area contributed by atoms with Gasteiger partial charge in [-0.25, -0.2) is 0 Å². The van der Waals surface area contributed by atoms with E-state index in [1.807, 2.05) is 47.7 Å². The van der Waals surface area contributed by atoms with Crippen LogP contribution in [-0.4, -0.2) is 26.3 Å². The van der Waals surface area contributed by atoms with Crippen LogP contribution in [-0.2, 0) is 4.79 Å². The molecule has 4 aromatic rings. The summed E-state index contributed by atoms with van der Waals surface area (Å²) in [6.07, 6.45) is 0. The van der Waals surface area contributed by atoms with Gasteiger partial charge >= 0.3 is 0 Å². The molecule has 0 unspecified atom stereocenters. The molecule has 4 rings (SSSR count). The third-order valence-electron chi connectivity index (χ3n) is 4.45. The van der Waals surface area contributed by atoms with Gasteiger partial charge in [0.1, 0.15) is 0 Å². The fourth-order valence-electron chi connectivity index (χ4n) is 3.03. The Kier molecular flexibility index (Phi) is 4.76. The van der Waals surface area contributed by atoms with Crippen LogP contribution in [0, 0.1) is 13.8 Å². The topological polar surface area (TPSA) is 59.3 Å². The second-order valence-corrected chi connectivity index (χ2v) is 7.62. The maximum atomic E-state index is 12.4. The Morgan fingerprint density at radius 1 is 1.15 bits per heavy atom. The molecular weight excluding hydrogens is 380 g/mol. The Balaban J connectivity index is 1.58. The van der Waals surface area contributed by atoms with Gasteiger partial charge in [0.05, 0.1) is 11.3 Å². The highest BCUT2D eigenvalue weighted by Crippen LogP contribution is 2.26. The minimum absolute atomic E-state index is 0.112. The van der Waals surface area contributed by atoms with Gasteiger partial charge < -0.3 is 5.32 Å². The summed E-state index contributed by atoms with van der Waals surface area (Å²) < 4.78 is 1.99. The summed E-state index contributed by atoms with van der Waals surface area (Å²) in [7, 11) is 0. The number of hydrogen-bond donors (Lipinski definition) is 1. The number of rotatable bonds is 4. The van der Waals surface area contributed by atoms with E-state index in [9.17, 15) is 4.79 Å². The van der Waals surface area contributed by atoms with Crippen molar-refractivity contribution in [2.24, 2.45) is 0 Å². The average molecular weight is 397 g/mol. The monoisotopic (exact) mass is 396 g/mol. The first-order valence-corrected chi connectivity index (χ1v) is 9.82. The number of amides is 1. The zero-order chi connectivity index (χ0) is 19.0. The number of aromatic nitrogens is 3. The van der Waals surface area contributed by atoms with Crippen LogP contribution in [0.5, 0.6) is 0 Å². The molecule has 0 atom stereocenters. The fraction of sp³-hybridized carbons (Fsp3) is 0.150. The van der Waals surface area contributed by atoms with Crippen LogP contribution in [0.2, 0.25) is 5.02 Å². The van der Waals surface area contributed by atoms with Gasteiger partial charge in [-0.05, 0) is 49.2 Å². The summed E-state index contributed by atoms with van der Waals surface area (Å²) >= 11 is 7.47. The molecule has 0 saturated carbocycles. The molecule has 7 heteroatoms. The number of halogens is 1. The van der Waals surface area contributed by atoms with Crippen molar-refractivity contribution in [1.82, 2.24) is 14.6 Å². The van der Waals surface area contributed by atoms with Crippen molar-refractivity contribution in [2.75, 3.05) is 11.1 Å². The van der Waals surface area contributed by atoms with Crippen LogP contribution < -0.4 is 5.32 Å². The molecule has 0 bridgehead atoms. The van der Waals surface area contributed by atoms with Gasteiger partial charge in [0.25, 0.3) is 0 Å². The summed E-state index contributed by atoms with van der Waals surface area (Å²) in [5.41, 5.74) is 4.54. The zero-order valence-electron chi connectivity index (χ0n) is 14.9. The van der Waals surface area contributed by atoms with Gasteiger partial charge in [0, 0.05) is 16.1 Å². The van der Waals surface area contributed by atoms with E-state index in [1.165, 1.54) is 11.8 Å². The van der Waals surface area contributed by atoms with Gasteiger partial charge in [-0.15, -0.1) is 10.2 Å². The first-order valence-electron chi connectivity index (χ1n) is 8.46. The number of thioether (sulfide) groups is 1. The van der Waals surface area contributed by atoms with Crippen LogP contribution in [0.1, 0.15) is 11.1 Å². The number of benzene rings is 2. The Labute approximate surface area is 165 Å². The van der Waals surface area contributed by atoms with Crippen molar-refractivity contribution in [3.05, 3.63) is 64.7 Å². The predicted molar refractivity (Wildman–Crippen MR) is 111 cm³/mol. The summed E-state index contributed by atoms with van der Waals surface area (Å²) in [5, 5.41) is 13.9. The van der Waals surface area contributed by atoms with E-state index in [0.29, 0.717) is 10.2 Å². The van der Waals surface area contributed by atoms with Crippen LogP contribution >= 0.6 is 23.4 Å². The SMILES string of the molecule is Cc1c(Cl)cccc1NC(=O)CSc1nnc2cc(C)c3ccccc3n12. The summed E-state index contributed by atoms with van der Waals surface area (Å²) in [5.74, 6) is 0.119. The molecule has 0 aliphatic rings. The molecule has 0 aliphatic carbocycles. The third-order valence-corrected chi connectivity index (χ3v) is 5.79. The van der Waals surface area contributed by atoms with E-state index in [1.54, 1.807) is 6.07 Å². The molecule has 0 saturated heterocycles. The highest BCUT2D eigenvalue weighted by atomic mass is 35.5. The lowest BCUT2D eigenvalue weighted by Gasteiger charge is -2.09. The van der Waals surface area contributed by atoms with E-state index in [0.717, 1.165) is 33.4 Å². The van der Waals surface area contributed by atoms with Crippen molar-refractivity contribution < 1.29 is 4.79 Å². The van der Waals surface area contributed by atoms with Gasteiger partial charge in [-0.1, -0.05) is 47.6 Å². The van der Waals surface area contributed by atoms with Gasteiger partial charge in [-0.2, -0.15) is 0 Å². The highest BCUT2D eigenvalue weighted by molar-refractivity contribution is 7.99. The number of pyridine rings is 1. The van der Waals surface area contributed by atoms with Gasteiger partial charge in [0.2, 0.25) is 5.91 Å². The summed E-state index contributed by atoms with van der Waals surface area (Å²) in [4.78, 5) is 12.4. The Bertz CT molecular complexity index is 1170. The van der Waals surface area contributed by atoms with E-state index in [2.05, 4.69) is 28.5 Å². The maximum Gasteiger partial charge on any atom is 0.234 e. The quantitative estimate of drug-likeness (QED) is 0.499. The molecule has 0 spiro atoms. The van der Waals surface area contributed by atoms with Gasteiger partial charge in [-0.3, -0.25) is 9.20 Å². The first kappa shape index (κ1) is 17.8. The normalized spacial score (nSPS) is 11.2. The second kappa shape index (κ2) is 7.21. The summed E-state index contributed by atoms with van der Waals surface area (Å²) in [6.45, 7) is 3.94. The Hall–Kier alpha value is -2.57. The lowest BCUT2D eigenvalue weighted by atomic mass is 10.1. The molecule has 1 amide bonds. The number of nitrogens with one attached hydrogen (secondary N) is 1. The molecule has 0 radical (unpaired) electrons. The predicted octanol–water partition coefficient (Wildman–Crippen LogP) is 4.88. The number of aryl methyl sites for hydroxylation is 1.